The molecule has 2 aliphatic rings. The summed E-state index contributed by atoms with van der Waals surface area (Å²) in [4.78, 5) is 0. The van der Waals surface area contributed by atoms with E-state index in [2.05, 4.69) is 36.6 Å². The Morgan fingerprint density at radius 2 is 0.871 bits per heavy atom. The Labute approximate surface area is 220 Å². The summed E-state index contributed by atoms with van der Waals surface area (Å²) in [5, 5.41) is 8.14. The van der Waals surface area contributed by atoms with Crippen LogP contribution in [-0.2, 0) is 35.3 Å². The molecule has 0 bridgehead atoms. The number of hydrogen-bond acceptors (Lipinski definition) is 2. The van der Waals surface area contributed by atoms with Gasteiger partial charge in [0.05, 0.1) is 0 Å². The van der Waals surface area contributed by atoms with E-state index in [1.807, 2.05) is 50.5 Å². The molecule has 0 unspecified atom stereocenters. The second kappa shape index (κ2) is 24.1. The van der Waals surface area contributed by atoms with Crippen molar-refractivity contribution in [3.05, 3.63) is 70.3 Å². The van der Waals surface area contributed by atoms with Crippen molar-refractivity contribution in [3.63, 3.8) is 0 Å². The smallest absolute Gasteiger partial charge is 1.00 e. The van der Waals surface area contributed by atoms with Gasteiger partial charge < -0.3 is 44.9 Å². The fraction of sp³-hybridized carbons (Fsp3) is 0.500. The molecule has 0 amide bonds. The topological polar surface area (TPSA) is 46.7 Å². The van der Waals surface area contributed by atoms with Crippen molar-refractivity contribution in [1.82, 2.24) is 0 Å². The maximum absolute atomic E-state index is 4.94. The van der Waals surface area contributed by atoms with E-state index in [9.17, 15) is 0 Å². The molecule has 0 spiro atoms. The van der Waals surface area contributed by atoms with Gasteiger partial charge in [0.2, 0.25) is 0 Å². The van der Waals surface area contributed by atoms with E-state index in [1.54, 1.807) is 0 Å². The van der Waals surface area contributed by atoms with Gasteiger partial charge in [-0.3, -0.25) is 0 Å². The standard InChI is InChI=1S/2C8H10N.2C4H8O.2ClH.Hf/c2*1-7-5-3-4-6-8(7)9-2;2*1-2-4-5-3-1;;;/h2*3-6H,1-2H3;2*1-4H2;2*1H;/q2*-1;;;;;+4/p-2. The summed E-state index contributed by atoms with van der Waals surface area (Å²) < 4.78 is 9.89. The van der Waals surface area contributed by atoms with Crippen LogP contribution in [0.3, 0.4) is 0 Å². The zero-order valence-electron chi connectivity index (χ0n) is 19.2. The van der Waals surface area contributed by atoms with Gasteiger partial charge in [-0.1, -0.05) is 59.7 Å². The number of rotatable bonds is 2. The Hall–Kier alpha value is -0.590. The Bertz CT molecular complexity index is 570. The second-order valence-electron chi connectivity index (χ2n) is 6.66. The van der Waals surface area contributed by atoms with Gasteiger partial charge in [0, 0.05) is 26.4 Å². The third kappa shape index (κ3) is 17.6. The molecule has 0 radical (unpaired) electrons. The first kappa shape index (κ1) is 35.0. The fourth-order valence-electron chi connectivity index (χ4n) is 2.65. The van der Waals surface area contributed by atoms with Gasteiger partial charge in [-0.15, -0.1) is 25.5 Å². The molecule has 2 aromatic carbocycles. The van der Waals surface area contributed by atoms with Crippen LogP contribution in [-0.4, -0.2) is 40.5 Å². The molecular formula is C24H36Cl2HfN2O2. The van der Waals surface area contributed by atoms with Crippen molar-refractivity contribution >= 4 is 11.4 Å². The molecule has 0 atom stereocenters. The summed E-state index contributed by atoms with van der Waals surface area (Å²) in [6.45, 7) is 8.12. The van der Waals surface area contributed by atoms with Gasteiger partial charge in [0.1, 0.15) is 0 Å². The SMILES string of the molecule is C1CCOC1.C1CCOC1.C[N-]c1ccccc1C.C[N-]c1ccccc1C.[Cl-].[Cl-].[Hf+4]. The molecule has 4 nitrogen and oxygen atoms in total. The normalized spacial score (nSPS) is 13.0. The molecule has 2 heterocycles. The third-order valence-electron chi connectivity index (χ3n) is 4.37. The van der Waals surface area contributed by atoms with Gasteiger partial charge in [-0.2, -0.15) is 0 Å². The van der Waals surface area contributed by atoms with Gasteiger partial charge >= 0.3 is 25.8 Å². The number of nitrogens with zero attached hydrogens (tertiary/aromatic N) is 2. The van der Waals surface area contributed by atoms with E-state index in [1.165, 1.54) is 36.8 Å². The van der Waals surface area contributed by atoms with Crippen molar-refractivity contribution in [1.29, 1.82) is 0 Å². The van der Waals surface area contributed by atoms with Crippen LogP contribution in [0.25, 0.3) is 10.6 Å². The number of ether oxygens (including phenoxy) is 2. The van der Waals surface area contributed by atoms with Crippen molar-refractivity contribution in [2.75, 3.05) is 40.5 Å². The number of halogens is 2. The van der Waals surface area contributed by atoms with Crippen LogP contribution in [0.2, 0.25) is 0 Å². The third-order valence-corrected chi connectivity index (χ3v) is 4.37. The predicted molar refractivity (Wildman–Crippen MR) is 120 cm³/mol. The van der Waals surface area contributed by atoms with Gasteiger partial charge in [-0.05, 0) is 39.5 Å². The number of hydrogen-bond donors (Lipinski definition) is 0. The molecule has 172 valence electrons. The molecule has 0 aromatic heterocycles. The van der Waals surface area contributed by atoms with Crippen LogP contribution in [0.15, 0.2) is 48.5 Å². The van der Waals surface area contributed by atoms with Crippen molar-refractivity contribution in [3.8, 4) is 0 Å². The van der Waals surface area contributed by atoms with Gasteiger partial charge in [-0.25, -0.2) is 0 Å². The maximum Gasteiger partial charge on any atom is 4.00 e. The summed E-state index contributed by atoms with van der Waals surface area (Å²) in [6, 6.07) is 16.2. The minimum Gasteiger partial charge on any atom is -1.00 e. The molecule has 31 heavy (non-hydrogen) atoms. The Kier molecular flexibility index (Phi) is 27.2. The Morgan fingerprint density at radius 3 is 1.03 bits per heavy atom. The summed E-state index contributed by atoms with van der Waals surface area (Å²) >= 11 is 0. The van der Waals surface area contributed by atoms with Crippen LogP contribution < -0.4 is 24.8 Å². The van der Waals surface area contributed by atoms with E-state index in [0.717, 1.165) is 37.8 Å². The summed E-state index contributed by atoms with van der Waals surface area (Å²) in [5.74, 6) is 0. The fourth-order valence-corrected chi connectivity index (χ4v) is 2.65. The first-order valence-corrected chi connectivity index (χ1v) is 10.2. The summed E-state index contributed by atoms with van der Waals surface area (Å²) in [6.07, 6.45) is 5.11. The van der Waals surface area contributed by atoms with Crippen LogP contribution in [0, 0.1) is 13.8 Å². The molecule has 2 saturated heterocycles. The van der Waals surface area contributed by atoms with E-state index in [0.29, 0.717) is 0 Å². The molecule has 7 heteroatoms. The summed E-state index contributed by atoms with van der Waals surface area (Å²) in [7, 11) is 3.62. The molecule has 0 saturated carbocycles. The molecule has 2 aromatic rings. The molecular weight excluding hydrogens is 598 g/mol. The zero-order chi connectivity index (χ0) is 20.5. The summed E-state index contributed by atoms with van der Waals surface area (Å²) in [5.41, 5.74) is 4.63. The van der Waals surface area contributed by atoms with E-state index < -0.39 is 0 Å². The Morgan fingerprint density at radius 1 is 0.581 bits per heavy atom. The monoisotopic (exact) mass is 634 g/mol. The van der Waals surface area contributed by atoms with Crippen LogP contribution >= 0.6 is 0 Å². The van der Waals surface area contributed by atoms with Crippen molar-refractivity contribution in [2.24, 2.45) is 0 Å². The minimum atomic E-state index is 0. The van der Waals surface area contributed by atoms with Gasteiger partial charge in [0.25, 0.3) is 0 Å². The van der Waals surface area contributed by atoms with Crippen LogP contribution in [0.5, 0.6) is 0 Å². The second-order valence-corrected chi connectivity index (χ2v) is 6.66. The van der Waals surface area contributed by atoms with E-state index in [4.69, 9.17) is 9.47 Å². The first-order valence-electron chi connectivity index (χ1n) is 10.2. The molecule has 4 rings (SSSR count). The first-order chi connectivity index (χ1) is 13.7. The van der Waals surface area contributed by atoms with Crippen molar-refractivity contribution < 1.29 is 60.1 Å². The minimum absolute atomic E-state index is 0. The van der Waals surface area contributed by atoms with Crippen molar-refractivity contribution in [2.45, 2.75) is 39.5 Å². The largest absolute Gasteiger partial charge is 4.00 e. The number of benzene rings is 2. The average Bonchev–Trinajstić information content (AvgIpc) is 3.48. The molecule has 0 N–H and O–H groups in total. The maximum atomic E-state index is 4.94. The quantitative estimate of drug-likeness (QED) is 0.461. The Balaban J connectivity index is -0.000000337. The van der Waals surface area contributed by atoms with E-state index >= 15 is 0 Å². The molecule has 2 fully saturated rings. The van der Waals surface area contributed by atoms with Crippen LogP contribution in [0.4, 0.5) is 11.4 Å². The van der Waals surface area contributed by atoms with E-state index in [-0.39, 0.29) is 50.7 Å². The van der Waals surface area contributed by atoms with Crippen LogP contribution in [0.1, 0.15) is 36.8 Å². The molecule has 0 aliphatic carbocycles. The average molecular weight is 634 g/mol. The number of para-hydroxylation sites is 2. The number of aryl methyl sites for hydroxylation is 2. The zero-order valence-corrected chi connectivity index (χ0v) is 24.3. The predicted octanol–water partition coefficient (Wildman–Crippen LogP) is 0.859. The van der Waals surface area contributed by atoms with Gasteiger partial charge in [0.15, 0.2) is 0 Å². The molecule has 2 aliphatic heterocycles.